The molecule has 0 spiro atoms. The van der Waals surface area contributed by atoms with Crippen LogP contribution < -0.4 is 0 Å². The van der Waals surface area contributed by atoms with Gasteiger partial charge in [0.05, 0.1) is 0 Å². The fourth-order valence-electron chi connectivity index (χ4n) is 1.38. The van der Waals surface area contributed by atoms with Crippen molar-refractivity contribution in [3.8, 4) is 0 Å². The summed E-state index contributed by atoms with van der Waals surface area (Å²) in [6.45, 7) is 0. The first-order valence-corrected chi connectivity index (χ1v) is 5.15. The topological polar surface area (TPSA) is 30.0 Å². The molecule has 0 amide bonds. The van der Waals surface area contributed by atoms with Crippen molar-refractivity contribution in [3.63, 3.8) is 0 Å². The lowest BCUT2D eigenvalue weighted by Gasteiger charge is -1.94. The van der Waals surface area contributed by atoms with Crippen LogP contribution in [0.5, 0.6) is 0 Å². The van der Waals surface area contributed by atoms with Gasteiger partial charge in [0.2, 0.25) is 5.78 Å². The van der Waals surface area contributed by atoms with Gasteiger partial charge >= 0.3 is 0 Å². The maximum Gasteiger partial charge on any atom is 0.204 e. The van der Waals surface area contributed by atoms with Gasteiger partial charge in [-0.3, -0.25) is 9.78 Å². The van der Waals surface area contributed by atoms with E-state index in [2.05, 4.69) is 4.98 Å². The number of hydrogen-bond acceptors (Lipinski definition) is 2. The van der Waals surface area contributed by atoms with Gasteiger partial charge < -0.3 is 0 Å². The molecule has 0 radical (unpaired) electrons. The molecule has 0 aliphatic rings. The lowest BCUT2D eigenvalue weighted by molar-refractivity contribution is 0.104. The summed E-state index contributed by atoms with van der Waals surface area (Å²) in [7, 11) is 0. The average molecular weight is 227 g/mol. The SMILES string of the molecule is O=C(C=Cc1cccc(F)c1)c1ccccn1. The smallest absolute Gasteiger partial charge is 0.204 e. The Balaban J connectivity index is 2.14. The lowest BCUT2D eigenvalue weighted by atomic mass is 10.1. The molecule has 0 aliphatic heterocycles. The average Bonchev–Trinajstić information content (AvgIpc) is 2.37. The maximum absolute atomic E-state index is 12.9. The number of nitrogens with zero attached hydrogens (tertiary/aromatic N) is 1. The normalized spacial score (nSPS) is 10.6. The molecule has 3 heteroatoms. The van der Waals surface area contributed by atoms with Gasteiger partial charge in [0.25, 0.3) is 0 Å². The Kier molecular flexibility index (Phi) is 3.40. The Morgan fingerprint density at radius 3 is 2.76 bits per heavy atom. The highest BCUT2D eigenvalue weighted by Gasteiger charge is 2.01. The third-order valence-corrected chi connectivity index (χ3v) is 2.19. The van der Waals surface area contributed by atoms with E-state index < -0.39 is 0 Å². The molecule has 0 saturated carbocycles. The van der Waals surface area contributed by atoms with Gasteiger partial charge in [0.15, 0.2) is 0 Å². The van der Waals surface area contributed by atoms with E-state index in [0.717, 1.165) is 0 Å². The molecule has 0 bridgehead atoms. The summed E-state index contributed by atoms with van der Waals surface area (Å²) < 4.78 is 12.9. The van der Waals surface area contributed by atoms with Gasteiger partial charge in [0.1, 0.15) is 11.5 Å². The minimum Gasteiger partial charge on any atom is -0.288 e. The van der Waals surface area contributed by atoms with Gasteiger partial charge in [0, 0.05) is 6.20 Å². The van der Waals surface area contributed by atoms with Crippen molar-refractivity contribution < 1.29 is 9.18 Å². The van der Waals surface area contributed by atoms with Crippen LogP contribution in [0.15, 0.2) is 54.7 Å². The molecule has 84 valence electrons. The number of carbonyl (C=O) groups excluding carboxylic acids is 1. The van der Waals surface area contributed by atoms with Crippen molar-refractivity contribution in [1.29, 1.82) is 0 Å². The Hall–Kier alpha value is -2.29. The van der Waals surface area contributed by atoms with Gasteiger partial charge in [-0.25, -0.2) is 4.39 Å². The molecule has 0 fully saturated rings. The highest BCUT2D eigenvalue weighted by Crippen LogP contribution is 2.06. The number of carbonyl (C=O) groups is 1. The zero-order valence-electron chi connectivity index (χ0n) is 9.01. The lowest BCUT2D eigenvalue weighted by Crippen LogP contribution is -1.96. The minimum atomic E-state index is -0.322. The fourth-order valence-corrected chi connectivity index (χ4v) is 1.38. The van der Waals surface area contributed by atoms with Crippen molar-refractivity contribution in [1.82, 2.24) is 4.98 Å². The van der Waals surface area contributed by atoms with Crippen LogP contribution in [0.2, 0.25) is 0 Å². The molecule has 0 aliphatic carbocycles. The number of pyridine rings is 1. The summed E-state index contributed by atoms with van der Waals surface area (Å²) >= 11 is 0. The van der Waals surface area contributed by atoms with E-state index >= 15 is 0 Å². The summed E-state index contributed by atoms with van der Waals surface area (Å²) in [5, 5.41) is 0. The van der Waals surface area contributed by atoms with E-state index in [-0.39, 0.29) is 11.6 Å². The quantitative estimate of drug-likeness (QED) is 0.595. The molecule has 2 nitrogen and oxygen atoms in total. The first-order chi connectivity index (χ1) is 8.25. The molecule has 1 heterocycles. The summed E-state index contributed by atoms with van der Waals surface area (Å²) in [5.41, 5.74) is 1.02. The van der Waals surface area contributed by atoms with Crippen LogP contribution in [0.25, 0.3) is 6.08 Å². The molecule has 2 rings (SSSR count). The molecule has 2 aromatic rings. The number of aromatic nitrogens is 1. The van der Waals surface area contributed by atoms with E-state index in [0.29, 0.717) is 11.3 Å². The molecular formula is C14H10FNO. The second kappa shape index (κ2) is 5.16. The van der Waals surface area contributed by atoms with Crippen molar-refractivity contribution in [3.05, 3.63) is 71.8 Å². The first kappa shape index (κ1) is 11.2. The number of benzene rings is 1. The van der Waals surface area contributed by atoms with Gasteiger partial charge in [-0.05, 0) is 35.9 Å². The molecule has 0 atom stereocenters. The third kappa shape index (κ3) is 3.08. The van der Waals surface area contributed by atoms with Crippen molar-refractivity contribution >= 4 is 11.9 Å². The van der Waals surface area contributed by atoms with Crippen LogP contribution in [0, 0.1) is 5.82 Å². The van der Waals surface area contributed by atoms with Crippen LogP contribution in [0.3, 0.4) is 0 Å². The Morgan fingerprint density at radius 2 is 2.06 bits per heavy atom. The van der Waals surface area contributed by atoms with Crippen LogP contribution in [-0.2, 0) is 0 Å². The summed E-state index contributed by atoms with van der Waals surface area (Å²) in [6.07, 6.45) is 4.51. The summed E-state index contributed by atoms with van der Waals surface area (Å²) in [6, 6.07) is 11.2. The van der Waals surface area contributed by atoms with E-state index in [1.165, 1.54) is 18.2 Å². The number of hydrogen-bond donors (Lipinski definition) is 0. The highest BCUT2D eigenvalue weighted by atomic mass is 19.1. The molecular weight excluding hydrogens is 217 g/mol. The predicted octanol–water partition coefficient (Wildman–Crippen LogP) is 3.12. The molecule has 0 saturated heterocycles. The van der Waals surface area contributed by atoms with Crippen molar-refractivity contribution in [2.24, 2.45) is 0 Å². The number of ketones is 1. The predicted molar refractivity (Wildman–Crippen MR) is 64.0 cm³/mol. The summed E-state index contributed by atoms with van der Waals surface area (Å²) in [5.74, 6) is -0.521. The third-order valence-electron chi connectivity index (χ3n) is 2.19. The second-order valence-corrected chi connectivity index (χ2v) is 3.47. The van der Waals surface area contributed by atoms with Gasteiger partial charge in [-0.1, -0.05) is 24.3 Å². The monoisotopic (exact) mass is 227 g/mol. The van der Waals surface area contributed by atoms with Crippen molar-refractivity contribution in [2.45, 2.75) is 0 Å². The fraction of sp³-hybridized carbons (Fsp3) is 0. The summed E-state index contributed by atoms with van der Waals surface area (Å²) in [4.78, 5) is 15.6. The van der Waals surface area contributed by atoms with Crippen LogP contribution >= 0.6 is 0 Å². The molecule has 0 unspecified atom stereocenters. The van der Waals surface area contributed by atoms with E-state index in [4.69, 9.17) is 0 Å². The number of halogens is 1. The zero-order chi connectivity index (χ0) is 12.1. The zero-order valence-corrected chi connectivity index (χ0v) is 9.01. The number of rotatable bonds is 3. The number of allylic oxidation sites excluding steroid dienone is 1. The Labute approximate surface area is 98.4 Å². The largest absolute Gasteiger partial charge is 0.288 e. The Bertz CT molecular complexity index is 549. The molecule has 1 aromatic heterocycles. The van der Waals surface area contributed by atoms with Crippen LogP contribution in [0.4, 0.5) is 4.39 Å². The standard InChI is InChI=1S/C14H10FNO/c15-12-5-3-4-11(10-12)7-8-14(17)13-6-1-2-9-16-13/h1-10H. The molecule has 17 heavy (non-hydrogen) atoms. The first-order valence-electron chi connectivity index (χ1n) is 5.15. The molecule has 0 N–H and O–H groups in total. The second-order valence-electron chi connectivity index (χ2n) is 3.47. The Morgan fingerprint density at radius 1 is 1.18 bits per heavy atom. The maximum atomic E-state index is 12.9. The van der Waals surface area contributed by atoms with E-state index in [9.17, 15) is 9.18 Å². The molecule has 1 aromatic carbocycles. The van der Waals surface area contributed by atoms with Crippen molar-refractivity contribution in [2.75, 3.05) is 0 Å². The minimum absolute atomic E-state index is 0.199. The van der Waals surface area contributed by atoms with Crippen LogP contribution in [0.1, 0.15) is 16.1 Å². The van der Waals surface area contributed by atoms with E-state index in [1.54, 1.807) is 42.6 Å². The van der Waals surface area contributed by atoms with Crippen LogP contribution in [-0.4, -0.2) is 10.8 Å². The van der Waals surface area contributed by atoms with Gasteiger partial charge in [-0.2, -0.15) is 0 Å². The highest BCUT2D eigenvalue weighted by molar-refractivity contribution is 6.05. The van der Waals surface area contributed by atoms with E-state index in [1.807, 2.05) is 0 Å². The van der Waals surface area contributed by atoms with Gasteiger partial charge in [-0.15, -0.1) is 0 Å².